The van der Waals surface area contributed by atoms with Crippen molar-refractivity contribution in [1.29, 1.82) is 0 Å². The van der Waals surface area contributed by atoms with Gasteiger partial charge in [0.25, 0.3) is 0 Å². The summed E-state index contributed by atoms with van der Waals surface area (Å²) in [5, 5.41) is 74.9. The molecule has 0 spiro atoms. The van der Waals surface area contributed by atoms with E-state index in [0.29, 0.717) is 11.1 Å². The summed E-state index contributed by atoms with van der Waals surface area (Å²) in [6, 6.07) is 36.2. The Morgan fingerprint density at radius 1 is 0.375 bits per heavy atom. The van der Waals surface area contributed by atoms with Crippen molar-refractivity contribution >= 4 is 35.6 Å². The Balaban J connectivity index is 0.000000188. The topological polar surface area (TPSA) is 213 Å². The third-order valence-corrected chi connectivity index (χ3v) is 7.67. The lowest BCUT2D eigenvalue weighted by molar-refractivity contribution is 0.103. The van der Waals surface area contributed by atoms with Gasteiger partial charge in [0.1, 0.15) is 22.8 Å². The highest BCUT2D eigenvalue weighted by Crippen LogP contribution is 2.37. The largest absolute Gasteiger partial charge is 0.508 e. The van der Waals surface area contributed by atoms with E-state index in [1.165, 1.54) is 48.6 Å². The van der Waals surface area contributed by atoms with Crippen molar-refractivity contribution in [1.82, 2.24) is 0 Å². The number of allylic oxidation sites excluding steroid dienone is 3. The van der Waals surface area contributed by atoms with E-state index in [9.17, 15) is 45.0 Å². The number of benzene rings is 6. The Morgan fingerprint density at radius 2 is 0.839 bits per heavy atom. The first-order valence-corrected chi connectivity index (χ1v) is 16.7. The molecule has 0 amide bonds. The van der Waals surface area contributed by atoms with Gasteiger partial charge in [0.05, 0.1) is 0 Å². The molecule has 6 rings (SSSR count). The van der Waals surface area contributed by atoms with E-state index in [2.05, 4.69) is 0 Å². The van der Waals surface area contributed by atoms with Gasteiger partial charge in [0, 0.05) is 28.8 Å². The minimum absolute atomic E-state index is 0.0319. The number of phenols is 8. The Bertz CT molecular complexity index is 2360. The van der Waals surface area contributed by atoms with Crippen molar-refractivity contribution in [3.63, 3.8) is 0 Å². The zero-order valence-corrected chi connectivity index (χ0v) is 29.5. The van der Waals surface area contributed by atoms with Crippen molar-refractivity contribution in [3.8, 4) is 46.0 Å². The predicted octanol–water partition coefficient (Wildman–Crippen LogP) is 8.39. The first-order chi connectivity index (χ1) is 26.8. The van der Waals surface area contributed by atoms with Crippen LogP contribution in [0.5, 0.6) is 46.0 Å². The number of ketones is 3. The zero-order chi connectivity index (χ0) is 40.6. The molecule has 0 aliphatic carbocycles. The number of carbonyl (C=O) groups excluding carboxylic acids is 3. The molecule has 0 aromatic heterocycles. The van der Waals surface area contributed by atoms with Gasteiger partial charge in [-0.3, -0.25) is 14.4 Å². The smallest absolute Gasteiger partial charge is 0.200 e. The molecular weight excluding hydrogens is 716 g/mol. The van der Waals surface area contributed by atoms with Gasteiger partial charge in [-0.25, -0.2) is 0 Å². The van der Waals surface area contributed by atoms with Crippen molar-refractivity contribution in [2.24, 2.45) is 0 Å². The summed E-state index contributed by atoms with van der Waals surface area (Å²) in [6.07, 6.45) is 8.52. The zero-order valence-electron chi connectivity index (χ0n) is 29.5. The van der Waals surface area contributed by atoms with Gasteiger partial charge >= 0.3 is 0 Å². The molecule has 0 heterocycles. The van der Waals surface area contributed by atoms with Crippen LogP contribution in [-0.2, 0) is 0 Å². The summed E-state index contributed by atoms with van der Waals surface area (Å²) in [6.45, 7) is 0. The van der Waals surface area contributed by atoms with Crippen LogP contribution in [0.25, 0.3) is 18.2 Å². The molecule has 6 aromatic carbocycles. The molecule has 0 fully saturated rings. The van der Waals surface area contributed by atoms with Crippen LogP contribution in [-0.4, -0.2) is 58.2 Å². The summed E-state index contributed by atoms with van der Waals surface area (Å²) in [5.41, 5.74) is 2.63. The quantitative estimate of drug-likeness (QED) is 0.0399. The van der Waals surface area contributed by atoms with Gasteiger partial charge in [0.2, 0.25) is 5.75 Å². The SMILES string of the molecule is O=C(C=Cc1ccc(O)c(O)c1)c1c(O)cc(O)cc1O.O=C(C=Cc1ccc(O)c(O)c1O)c1ccccc1.O=C(C=Cc1ccccc1)c1ccccc1. The maximum atomic E-state index is 11.9. The normalized spacial score (nSPS) is 10.7. The van der Waals surface area contributed by atoms with Gasteiger partial charge in [0.15, 0.2) is 40.3 Å². The highest BCUT2D eigenvalue weighted by Gasteiger charge is 2.15. The number of hydrogen-bond donors (Lipinski definition) is 8. The number of carbonyl (C=O) groups is 3. The lowest BCUT2D eigenvalue weighted by Gasteiger charge is -2.04. The van der Waals surface area contributed by atoms with Gasteiger partial charge in [-0.05, 0) is 59.7 Å². The van der Waals surface area contributed by atoms with Crippen LogP contribution >= 0.6 is 0 Å². The molecule has 0 saturated heterocycles. The molecular formula is C45H36O11. The highest BCUT2D eigenvalue weighted by atomic mass is 16.3. The second-order valence-electron chi connectivity index (χ2n) is 11.7. The molecule has 11 heteroatoms. The van der Waals surface area contributed by atoms with Crippen molar-refractivity contribution in [2.75, 3.05) is 0 Å². The molecule has 282 valence electrons. The van der Waals surface area contributed by atoms with E-state index >= 15 is 0 Å². The van der Waals surface area contributed by atoms with Gasteiger partial charge in [-0.15, -0.1) is 0 Å². The monoisotopic (exact) mass is 752 g/mol. The standard InChI is InChI=1S/C15H12O6.C15H12O4.C15H12O/c16-9-6-13(20)15(14(21)7-9)11(18)4-2-8-1-3-10(17)12(19)5-8;16-12(10-4-2-1-3-5-10)8-6-11-7-9-13(17)15(19)14(11)18;16-15(14-9-5-2-6-10-14)12-11-13-7-3-1-4-8-13/h1-7,16-17,19-21H;1-9,17-19H;1-12H. The van der Waals surface area contributed by atoms with Crippen LogP contribution in [0.4, 0.5) is 0 Å². The highest BCUT2D eigenvalue weighted by molar-refractivity contribution is 6.10. The van der Waals surface area contributed by atoms with Crippen molar-refractivity contribution in [3.05, 3.63) is 185 Å². The molecule has 0 aliphatic rings. The Morgan fingerprint density at radius 3 is 1.38 bits per heavy atom. The van der Waals surface area contributed by atoms with Crippen molar-refractivity contribution < 1.29 is 55.2 Å². The number of hydrogen-bond acceptors (Lipinski definition) is 11. The molecule has 6 aromatic rings. The van der Waals surface area contributed by atoms with E-state index in [0.717, 1.165) is 29.3 Å². The average Bonchev–Trinajstić information content (AvgIpc) is 3.20. The molecule has 0 bridgehead atoms. The Hall–Kier alpha value is -8.05. The summed E-state index contributed by atoms with van der Waals surface area (Å²) in [4.78, 5) is 35.5. The van der Waals surface area contributed by atoms with Crippen LogP contribution in [0, 0.1) is 0 Å². The predicted molar refractivity (Wildman–Crippen MR) is 212 cm³/mol. The molecule has 0 unspecified atom stereocenters. The summed E-state index contributed by atoms with van der Waals surface area (Å²) < 4.78 is 0. The summed E-state index contributed by atoms with van der Waals surface area (Å²) in [5.74, 6) is -4.42. The fourth-order valence-corrected chi connectivity index (χ4v) is 4.77. The Labute approximate surface area is 321 Å². The van der Waals surface area contributed by atoms with Crippen LogP contribution in [0.15, 0.2) is 152 Å². The average molecular weight is 753 g/mol. The molecule has 0 aliphatic heterocycles. The third kappa shape index (κ3) is 11.7. The van der Waals surface area contributed by atoms with Crippen LogP contribution in [0.2, 0.25) is 0 Å². The van der Waals surface area contributed by atoms with E-state index in [1.807, 2.05) is 72.8 Å². The minimum atomic E-state index is -0.683. The van der Waals surface area contributed by atoms with Crippen molar-refractivity contribution in [2.45, 2.75) is 0 Å². The van der Waals surface area contributed by atoms with Gasteiger partial charge < -0.3 is 40.9 Å². The van der Waals surface area contributed by atoms with Crippen LogP contribution in [0.1, 0.15) is 47.8 Å². The summed E-state index contributed by atoms with van der Waals surface area (Å²) in [7, 11) is 0. The number of phenolic OH excluding ortho intramolecular Hbond substituents is 8. The molecule has 8 N–H and O–H groups in total. The number of aromatic hydroxyl groups is 8. The third-order valence-electron chi connectivity index (χ3n) is 7.67. The summed E-state index contributed by atoms with van der Waals surface area (Å²) >= 11 is 0. The van der Waals surface area contributed by atoms with E-state index in [-0.39, 0.29) is 39.9 Å². The maximum absolute atomic E-state index is 11.9. The lowest BCUT2D eigenvalue weighted by atomic mass is 10.1. The van der Waals surface area contributed by atoms with E-state index in [4.69, 9.17) is 10.2 Å². The fraction of sp³-hybridized carbons (Fsp3) is 0. The van der Waals surface area contributed by atoms with E-state index < -0.39 is 34.5 Å². The second-order valence-corrected chi connectivity index (χ2v) is 11.7. The molecule has 0 saturated carbocycles. The van der Waals surface area contributed by atoms with Crippen LogP contribution < -0.4 is 0 Å². The van der Waals surface area contributed by atoms with Crippen LogP contribution in [0.3, 0.4) is 0 Å². The molecule has 0 radical (unpaired) electrons. The van der Waals surface area contributed by atoms with E-state index in [1.54, 1.807) is 30.3 Å². The van der Waals surface area contributed by atoms with Gasteiger partial charge in [-0.2, -0.15) is 0 Å². The minimum Gasteiger partial charge on any atom is -0.508 e. The Kier molecular flexibility index (Phi) is 14.3. The first kappa shape index (κ1) is 40.7. The van der Waals surface area contributed by atoms with Gasteiger partial charge in [-0.1, -0.05) is 109 Å². The second kappa shape index (κ2) is 19.7. The first-order valence-electron chi connectivity index (χ1n) is 16.7. The fourth-order valence-electron chi connectivity index (χ4n) is 4.77. The number of rotatable bonds is 9. The maximum Gasteiger partial charge on any atom is 0.200 e. The molecule has 11 nitrogen and oxygen atoms in total. The molecule has 56 heavy (non-hydrogen) atoms. The lowest BCUT2D eigenvalue weighted by Crippen LogP contribution is -1.95. The molecule has 0 atom stereocenters.